The summed E-state index contributed by atoms with van der Waals surface area (Å²) in [7, 11) is 3.12. The molecule has 0 atom stereocenters. The van der Waals surface area contributed by atoms with Crippen molar-refractivity contribution in [3.63, 3.8) is 0 Å². The molecule has 0 aliphatic carbocycles. The van der Waals surface area contributed by atoms with Crippen LogP contribution >= 0.6 is 0 Å². The van der Waals surface area contributed by atoms with Crippen molar-refractivity contribution in [2.24, 2.45) is 0 Å². The van der Waals surface area contributed by atoms with Gasteiger partial charge in [0.2, 0.25) is 0 Å². The number of benzene rings is 1. The van der Waals surface area contributed by atoms with E-state index < -0.39 is 0 Å². The predicted octanol–water partition coefficient (Wildman–Crippen LogP) is 1.53. The maximum absolute atomic E-state index is 10.8. The Balaban J connectivity index is 2.85. The average molecular weight is 210 g/mol. The largest absolute Gasteiger partial charge is 0.493 e. The van der Waals surface area contributed by atoms with E-state index >= 15 is 0 Å². The van der Waals surface area contributed by atoms with E-state index in [9.17, 15) is 4.79 Å². The summed E-state index contributed by atoms with van der Waals surface area (Å²) in [5.74, 6) is 1.02. The second kappa shape index (κ2) is 6.03. The van der Waals surface area contributed by atoms with Crippen molar-refractivity contribution in [2.45, 2.75) is 0 Å². The van der Waals surface area contributed by atoms with Gasteiger partial charge in [0.25, 0.3) is 0 Å². The van der Waals surface area contributed by atoms with Crippen LogP contribution in [0.5, 0.6) is 11.5 Å². The van der Waals surface area contributed by atoms with E-state index in [1.807, 2.05) is 0 Å². The van der Waals surface area contributed by atoms with Gasteiger partial charge in [0.15, 0.2) is 17.8 Å². The second-order valence-electron chi connectivity index (χ2n) is 2.84. The van der Waals surface area contributed by atoms with E-state index in [1.165, 1.54) is 7.11 Å². The highest BCUT2D eigenvalue weighted by Crippen LogP contribution is 2.29. The van der Waals surface area contributed by atoms with Crippen LogP contribution in [-0.2, 0) is 4.74 Å². The minimum atomic E-state index is 0.387. The highest BCUT2D eigenvalue weighted by molar-refractivity contribution is 5.81. The SMILES string of the molecule is COCCOc1c(C=O)cccc1OC. The first-order chi connectivity index (χ1) is 7.33. The van der Waals surface area contributed by atoms with Crippen LogP contribution in [0.4, 0.5) is 0 Å². The lowest BCUT2D eigenvalue weighted by molar-refractivity contribution is 0.111. The number of carbonyl (C=O) groups excluding carboxylic acids is 1. The second-order valence-corrected chi connectivity index (χ2v) is 2.84. The topological polar surface area (TPSA) is 44.8 Å². The van der Waals surface area contributed by atoms with Gasteiger partial charge in [-0.1, -0.05) is 6.07 Å². The zero-order chi connectivity index (χ0) is 11.1. The van der Waals surface area contributed by atoms with Gasteiger partial charge in [0.1, 0.15) is 6.61 Å². The van der Waals surface area contributed by atoms with E-state index in [4.69, 9.17) is 14.2 Å². The molecule has 15 heavy (non-hydrogen) atoms. The molecule has 0 radical (unpaired) electrons. The highest BCUT2D eigenvalue weighted by atomic mass is 16.5. The van der Waals surface area contributed by atoms with Crippen LogP contribution in [0.15, 0.2) is 18.2 Å². The van der Waals surface area contributed by atoms with Crippen LogP contribution in [0.2, 0.25) is 0 Å². The first-order valence-corrected chi connectivity index (χ1v) is 4.57. The van der Waals surface area contributed by atoms with Crippen molar-refractivity contribution in [1.29, 1.82) is 0 Å². The Morgan fingerprint density at radius 3 is 2.67 bits per heavy atom. The molecule has 0 unspecified atom stereocenters. The molecule has 0 N–H and O–H groups in total. The molecule has 0 amide bonds. The smallest absolute Gasteiger partial charge is 0.171 e. The molecular formula is C11H14O4. The molecule has 0 heterocycles. The van der Waals surface area contributed by atoms with Crippen molar-refractivity contribution in [1.82, 2.24) is 0 Å². The zero-order valence-electron chi connectivity index (χ0n) is 8.86. The summed E-state index contributed by atoms with van der Waals surface area (Å²) in [5, 5.41) is 0. The summed E-state index contributed by atoms with van der Waals surface area (Å²) in [6, 6.07) is 5.17. The molecule has 82 valence electrons. The maximum atomic E-state index is 10.8. The standard InChI is InChI=1S/C11H14O4/c1-13-6-7-15-11-9(8-12)4-3-5-10(11)14-2/h3-5,8H,6-7H2,1-2H3. The summed E-state index contributed by atoms with van der Waals surface area (Å²) < 4.78 is 15.4. The summed E-state index contributed by atoms with van der Waals surface area (Å²) in [6.45, 7) is 0.855. The normalized spacial score (nSPS) is 9.73. The number of para-hydroxylation sites is 1. The van der Waals surface area contributed by atoms with Gasteiger partial charge in [-0.25, -0.2) is 0 Å². The molecule has 1 aromatic carbocycles. The van der Waals surface area contributed by atoms with Crippen molar-refractivity contribution >= 4 is 6.29 Å². The van der Waals surface area contributed by atoms with Gasteiger partial charge >= 0.3 is 0 Å². The van der Waals surface area contributed by atoms with Crippen LogP contribution in [0.1, 0.15) is 10.4 Å². The lowest BCUT2D eigenvalue weighted by Gasteiger charge is -2.11. The van der Waals surface area contributed by atoms with Crippen molar-refractivity contribution in [3.05, 3.63) is 23.8 Å². The highest BCUT2D eigenvalue weighted by Gasteiger charge is 2.09. The molecule has 0 aromatic heterocycles. The maximum Gasteiger partial charge on any atom is 0.171 e. The fourth-order valence-corrected chi connectivity index (χ4v) is 1.17. The van der Waals surface area contributed by atoms with Crippen LogP contribution in [-0.4, -0.2) is 33.7 Å². The lowest BCUT2D eigenvalue weighted by atomic mass is 10.2. The Labute approximate surface area is 88.8 Å². The molecule has 1 rings (SSSR count). The lowest BCUT2D eigenvalue weighted by Crippen LogP contribution is -2.06. The van der Waals surface area contributed by atoms with E-state index in [-0.39, 0.29) is 0 Å². The van der Waals surface area contributed by atoms with E-state index in [1.54, 1.807) is 25.3 Å². The summed E-state index contributed by atoms with van der Waals surface area (Å²) in [5.41, 5.74) is 0.477. The zero-order valence-corrected chi connectivity index (χ0v) is 8.86. The summed E-state index contributed by atoms with van der Waals surface area (Å²) in [4.78, 5) is 10.8. The van der Waals surface area contributed by atoms with Crippen LogP contribution in [0.3, 0.4) is 0 Å². The van der Waals surface area contributed by atoms with Crippen molar-refractivity contribution < 1.29 is 19.0 Å². The molecular weight excluding hydrogens is 196 g/mol. The molecule has 4 heteroatoms. The molecule has 1 aromatic rings. The fourth-order valence-electron chi connectivity index (χ4n) is 1.17. The number of carbonyl (C=O) groups is 1. The minimum absolute atomic E-state index is 0.387. The monoisotopic (exact) mass is 210 g/mol. The van der Waals surface area contributed by atoms with Gasteiger partial charge in [-0.05, 0) is 12.1 Å². The quantitative estimate of drug-likeness (QED) is 0.527. The molecule has 4 nitrogen and oxygen atoms in total. The van der Waals surface area contributed by atoms with Crippen LogP contribution in [0, 0.1) is 0 Å². The van der Waals surface area contributed by atoms with Gasteiger partial charge in [-0.2, -0.15) is 0 Å². The number of aldehydes is 1. The van der Waals surface area contributed by atoms with Crippen molar-refractivity contribution in [2.75, 3.05) is 27.4 Å². The van der Waals surface area contributed by atoms with E-state index in [0.717, 1.165) is 6.29 Å². The van der Waals surface area contributed by atoms with E-state index in [0.29, 0.717) is 30.3 Å². The Kier molecular flexibility index (Phi) is 4.63. The van der Waals surface area contributed by atoms with Gasteiger partial charge in [0, 0.05) is 7.11 Å². The number of hydrogen-bond acceptors (Lipinski definition) is 4. The molecule has 0 bridgehead atoms. The van der Waals surface area contributed by atoms with Gasteiger partial charge in [-0.3, -0.25) is 4.79 Å². The molecule has 0 saturated heterocycles. The molecule has 0 aliphatic heterocycles. The Hall–Kier alpha value is -1.55. The number of ether oxygens (including phenoxy) is 3. The van der Waals surface area contributed by atoms with Gasteiger partial charge in [0.05, 0.1) is 19.3 Å². The van der Waals surface area contributed by atoms with Crippen LogP contribution in [0.25, 0.3) is 0 Å². The third kappa shape index (κ3) is 2.95. The Morgan fingerprint density at radius 1 is 1.27 bits per heavy atom. The van der Waals surface area contributed by atoms with E-state index in [2.05, 4.69) is 0 Å². The first-order valence-electron chi connectivity index (χ1n) is 4.57. The molecule has 0 fully saturated rings. The fraction of sp³-hybridized carbons (Fsp3) is 0.364. The summed E-state index contributed by atoms with van der Waals surface area (Å²) in [6.07, 6.45) is 0.741. The van der Waals surface area contributed by atoms with Gasteiger partial charge in [-0.15, -0.1) is 0 Å². The number of hydrogen-bond donors (Lipinski definition) is 0. The average Bonchev–Trinajstić information content (AvgIpc) is 2.29. The first kappa shape index (κ1) is 11.5. The predicted molar refractivity (Wildman–Crippen MR) is 55.8 cm³/mol. The summed E-state index contributed by atoms with van der Waals surface area (Å²) >= 11 is 0. The minimum Gasteiger partial charge on any atom is -0.493 e. The van der Waals surface area contributed by atoms with Crippen LogP contribution < -0.4 is 9.47 Å². The Bertz CT molecular complexity index is 322. The third-order valence-corrected chi connectivity index (χ3v) is 1.89. The van der Waals surface area contributed by atoms with Gasteiger partial charge < -0.3 is 14.2 Å². The number of methoxy groups -OCH3 is 2. The molecule has 0 spiro atoms. The molecule has 0 saturated carbocycles. The molecule has 0 aliphatic rings. The Morgan fingerprint density at radius 2 is 2.07 bits per heavy atom. The third-order valence-electron chi connectivity index (χ3n) is 1.89. The van der Waals surface area contributed by atoms with Crippen molar-refractivity contribution in [3.8, 4) is 11.5 Å². The number of rotatable bonds is 6.